The summed E-state index contributed by atoms with van der Waals surface area (Å²) in [6.45, 7) is 7.16. The summed E-state index contributed by atoms with van der Waals surface area (Å²) in [6, 6.07) is 9.15. The van der Waals surface area contributed by atoms with Crippen molar-refractivity contribution < 1.29 is 14.6 Å². The van der Waals surface area contributed by atoms with Crippen molar-refractivity contribution in [3.8, 4) is 5.75 Å². The first-order chi connectivity index (χ1) is 15.5. The van der Waals surface area contributed by atoms with Gasteiger partial charge in [-0.3, -0.25) is 9.69 Å². The summed E-state index contributed by atoms with van der Waals surface area (Å²) in [5, 5.41) is 14.0. The van der Waals surface area contributed by atoms with E-state index in [4.69, 9.17) is 4.74 Å². The van der Waals surface area contributed by atoms with E-state index in [1.165, 1.54) is 12.8 Å². The Hall–Kier alpha value is -2.71. The van der Waals surface area contributed by atoms with Gasteiger partial charge in [-0.05, 0) is 63.9 Å². The minimum absolute atomic E-state index is 0.187. The molecule has 0 radical (unpaired) electrons. The maximum Gasteiger partial charge on any atom is 0.251 e. The number of carbonyl (C=O) groups is 1. The Balaban J connectivity index is 1.29. The number of β-amino-alcohol motifs (C(OH)–C–C–N with tert-alkyl or cyclic N) is 1. The lowest BCUT2D eigenvalue weighted by molar-refractivity contribution is 0.0254. The van der Waals surface area contributed by atoms with Crippen molar-refractivity contribution in [2.45, 2.75) is 38.2 Å². The van der Waals surface area contributed by atoms with E-state index < -0.39 is 5.60 Å². The molecular formula is C24H33N5O3. The number of aromatic nitrogens is 2. The van der Waals surface area contributed by atoms with Crippen molar-refractivity contribution >= 4 is 11.7 Å². The zero-order chi connectivity index (χ0) is 22.4. The van der Waals surface area contributed by atoms with Gasteiger partial charge in [0.1, 0.15) is 24.5 Å². The normalized spacial score (nSPS) is 21.5. The van der Waals surface area contributed by atoms with E-state index in [0.717, 1.165) is 44.1 Å². The van der Waals surface area contributed by atoms with E-state index >= 15 is 0 Å². The molecule has 2 aromatic rings. The fourth-order valence-electron chi connectivity index (χ4n) is 4.44. The molecule has 0 bridgehead atoms. The van der Waals surface area contributed by atoms with Gasteiger partial charge < -0.3 is 20.1 Å². The minimum atomic E-state index is -1.00. The van der Waals surface area contributed by atoms with Crippen LogP contribution in [0.15, 0.2) is 36.7 Å². The molecule has 4 rings (SSSR count). The fraction of sp³-hybridized carbons (Fsp3) is 0.542. The van der Waals surface area contributed by atoms with E-state index in [1.807, 2.05) is 25.1 Å². The molecule has 8 nitrogen and oxygen atoms in total. The Kier molecular flexibility index (Phi) is 7.22. The highest BCUT2D eigenvalue weighted by atomic mass is 16.5. The number of aryl methyl sites for hydroxylation is 1. The number of nitrogens with one attached hydrogen (secondary N) is 1. The summed E-state index contributed by atoms with van der Waals surface area (Å²) < 4.78 is 5.86. The Morgan fingerprint density at radius 3 is 2.84 bits per heavy atom. The van der Waals surface area contributed by atoms with Crippen molar-refractivity contribution in [2.24, 2.45) is 0 Å². The summed E-state index contributed by atoms with van der Waals surface area (Å²) in [5.74, 6) is 1.29. The standard InChI is InChI=1S/C24H33N5O3/c1-19-14-22(27-18-26-19)29-11-5-8-24(31,17-29)16-25-23(30)20-6-4-7-21(15-20)32-13-12-28-9-2-3-10-28/h4,6-7,14-15,18,31H,2-3,5,8-13,16-17H2,1H3,(H,25,30)/t24-/m1/s1. The molecule has 8 heteroatoms. The van der Waals surface area contributed by atoms with Gasteiger partial charge in [0, 0.05) is 43.5 Å². The highest BCUT2D eigenvalue weighted by Crippen LogP contribution is 2.25. The molecule has 2 N–H and O–H groups in total. The van der Waals surface area contributed by atoms with Crippen LogP contribution < -0.4 is 15.0 Å². The van der Waals surface area contributed by atoms with E-state index in [2.05, 4.69) is 25.1 Å². The number of ether oxygens (including phenoxy) is 1. The zero-order valence-corrected chi connectivity index (χ0v) is 18.8. The molecule has 2 fully saturated rings. The van der Waals surface area contributed by atoms with Crippen LogP contribution in [0.3, 0.4) is 0 Å². The molecule has 1 amide bonds. The monoisotopic (exact) mass is 439 g/mol. The van der Waals surface area contributed by atoms with Gasteiger partial charge >= 0.3 is 0 Å². The number of piperidine rings is 1. The van der Waals surface area contributed by atoms with Gasteiger partial charge in [-0.2, -0.15) is 0 Å². The molecule has 1 aromatic carbocycles. The molecule has 0 spiro atoms. The average molecular weight is 440 g/mol. The van der Waals surface area contributed by atoms with Crippen molar-refractivity contribution in [3.05, 3.63) is 47.9 Å². The van der Waals surface area contributed by atoms with Gasteiger partial charge in [0.25, 0.3) is 5.91 Å². The van der Waals surface area contributed by atoms with Gasteiger partial charge in [-0.1, -0.05) is 6.07 Å². The smallest absolute Gasteiger partial charge is 0.251 e. The Labute approximate surface area is 189 Å². The number of benzene rings is 1. The van der Waals surface area contributed by atoms with Crippen LogP contribution in [-0.2, 0) is 0 Å². The summed E-state index contributed by atoms with van der Waals surface area (Å²) in [7, 11) is 0. The lowest BCUT2D eigenvalue weighted by atomic mass is 9.92. The SMILES string of the molecule is Cc1cc(N2CCC[C@@](O)(CNC(=O)c3cccc(OCCN4CCCC4)c3)C2)ncn1. The van der Waals surface area contributed by atoms with Gasteiger partial charge in [0.05, 0.1) is 5.60 Å². The average Bonchev–Trinajstić information content (AvgIpc) is 3.31. The van der Waals surface area contributed by atoms with Crippen molar-refractivity contribution in [1.29, 1.82) is 0 Å². The quantitative estimate of drug-likeness (QED) is 0.650. The fourth-order valence-corrected chi connectivity index (χ4v) is 4.44. The molecule has 32 heavy (non-hydrogen) atoms. The number of amides is 1. The predicted molar refractivity (Wildman–Crippen MR) is 123 cm³/mol. The van der Waals surface area contributed by atoms with Crippen molar-refractivity contribution in [1.82, 2.24) is 20.2 Å². The lowest BCUT2D eigenvalue weighted by Gasteiger charge is -2.39. The Morgan fingerprint density at radius 1 is 1.19 bits per heavy atom. The van der Waals surface area contributed by atoms with E-state index in [-0.39, 0.29) is 12.5 Å². The second kappa shape index (κ2) is 10.3. The first-order valence-electron chi connectivity index (χ1n) is 11.5. The van der Waals surface area contributed by atoms with Gasteiger partial charge in [0.2, 0.25) is 0 Å². The molecule has 1 atom stereocenters. The number of hydrogen-bond acceptors (Lipinski definition) is 7. The van der Waals surface area contributed by atoms with Gasteiger partial charge in [0.15, 0.2) is 0 Å². The van der Waals surface area contributed by atoms with Crippen LogP contribution in [0.2, 0.25) is 0 Å². The van der Waals surface area contributed by atoms with E-state index in [1.54, 1.807) is 18.5 Å². The molecule has 2 saturated heterocycles. The molecule has 2 aliphatic heterocycles. The third-order valence-electron chi connectivity index (χ3n) is 6.22. The van der Waals surface area contributed by atoms with Crippen LogP contribution in [-0.4, -0.2) is 77.4 Å². The summed E-state index contributed by atoms with van der Waals surface area (Å²) in [4.78, 5) is 25.7. The number of rotatable bonds is 8. The maximum atomic E-state index is 12.7. The predicted octanol–water partition coefficient (Wildman–Crippen LogP) is 2.02. The molecular weight excluding hydrogens is 406 g/mol. The summed E-state index contributed by atoms with van der Waals surface area (Å²) in [5.41, 5.74) is 0.419. The third-order valence-corrected chi connectivity index (χ3v) is 6.22. The van der Waals surface area contributed by atoms with Crippen LogP contribution in [0.5, 0.6) is 5.75 Å². The minimum Gasteiger partial charge on any atom is -0.492 e. The van der Waals surface area contributed by atoms with Gasteiger partial charge in [-0.15, -0.1) is 0 Å². The highest BCUT2D eigenvalue weighted by molar-refractivity contribution is 5.94. The van der Waals surface area contributed by atoms with Crippen LogP contribution in [0.25, 0.3) is 0 Å². The molecule has 1 aromatic heterocycles. The molecule has 2 aliphatic rings. The largest absolute Gasteiger partial charge is 0.492 e. The third kappa shape index (κ3) is 5.95. The number of aliphatic hydroxyl groups is 1. The Morgan fingerprint density at radius 2 is 2.03 bits per heavy atom. The van der Waals surface area contributed by atoms with Crippen molar-refractivity contribution in [2.75, 3.05) is 50.8 Å². The van der Waals surface area contributed by atoms with Crippen molar-refractivity contribution in [3.63, 3.8) is 0 Å². The number of anilines is 1. The van der Waals surface area contributed by atoms with E-state index in [9.17, 15) is 9.90 Å². The topological polar surface area (TPSA) is 90.8 Å². The molecule has 172 valence electrons. The van der Waals surface area contributed by atoms with Gasteiger partial charge in [-0.25, -0.2) is 9.97 Å². The van der Waals surface area contributed by atoms with Crippen LogP contribution in [0.1, 0.15) is 41.7 Å². The number of nitrogens with zero attached hydrogens (tertiary/aromatic N) is 4. The second-order valence-corrected chi connectivity index (χ2v) is 8.87. The number of likely N-dealkylation sites (tertiary alicyclic amines) is 1. The van der Waals surface area contributed by atoms with Crippen LogP contribution in [0, 0.1) is 6.92 Å². The summed E-state index contributed by atoms with van der Waals surface area (Å²) >= 11 is 0. The molecule has 0 aliphatic carbocycles. The van der Waals surface area contributed by atoms with E-state index in [0.29, 0.717) is 30.9 Å². The zero-order valence-electron chi connectivity index (χ0n) is 18.8. The highest BCUT2D eigenvalue weighted by Gasteiger charge is 2.34. The lowest BCUT2D eigenvalue weighted by Crippen LogP contribution is -2.54. The second-order valence-electron chi connectivity index (χ2n) is 8.87. The molecule has 0 saturated carbocycles. The van der Waals surface area contributed by atoms with Crippen LogP contribution in [0.4, 0.5) is 5.82 Å². The number of hydrogen-bond donors (Lipinski definition) is 2. The summed E-state index contributed by atoms with van der Waals surface area (Å²) in [6.07, 6.45) is 5.53. The Bertz CT molecular complexity index is 918. The number of carbonyl (C=O) groups excluding carboxylic acids is 1. The molecule has 0 unspecified atom stereocenters. The first kappa shape index (κ1) is 22.5. The maximum absolute atomic E-state index is 12.7. The first-order valence-corrected chi connectivity index (χ1v) is 11.5. The molecule has 3 heterocycles. The van der Waals surface area contributed by atoms with Crippen LogP contribution >= 0.6 is 0 Å².